The van der Waals surface area contributed by atoms with Gasteiger partial charge >= 0.3 is 0 Å². The number of anilines is 3. The molecule has 1 aliphatic rings. The highest BCUT2D eigenvalue weighted by Gasteiger charge is 2.31. The molecule has 160 valence electrons. The van der Waals surface area contributed by atoms with Gasteiger partial charge in [0.05, 0.1) is 5.69 Å². The Morgan fingerprint density at radius 2 is 2.06 bits per heavy atom. The predicted octanol–water partition coefficient (Wildman–Crippen LogP) is 4.32. The van der Waals surface area contributed by atoms with Gasteiger partial charge in [0.15, 0.2) is 0 Å². The number of rotatable bonds is 6. The summed E-state index contributed by atoms with van der Waals surface area (Å²) in [5.41, 5.74) is 6.05. The highest BCUT2D eigenvalue weighted by Crippen LogP contribution is 2.36. The molecule has 0 saturated carbocycles. The zero-order valence-corrected chi connectivity index (χ0v) is 18.4. The number of carbonyl (C=O) groups is 1. The van der Waals surface area contributed by atoms with Gasteiger partial charge in [-0.3, -0.25) is 4.79 Å². The van der Waals surface area contributed by atoms with Gasteiger partial charge in [-0.15, -0.1) is 0 Å². The fourth-order valence-electron chi connectivity index (χ4n) is 3.69. The summed E-state index contributed by atoms with van der Waals surface area (Å²) in [4.78, 5) is 25.3. The van der Waals surface area contributed by atoms with Crippen LogP contribution in [0.4, 0.5) is 17.5 Å². The van der Waals surface area contributed by atoms with Crippen LogP contribution in [0.3, 0.4) is 0 Å². The number of hydrogen-bond donors (Lipinski definition) is 3. The molecule has 0 fully saturated rings. The first-order valence-electron chi connectivity index (χ1n) is 10.6. The van der Waals surface area contributed by atoms with Crippen molar-refractivity contribution in [2.24, 2.45) is 0 Å². The van der Waals surface area contributed by atoms with Gasteiger partial charge in [-0.2, -0.15) is 0 Å². The third-order valence-corrected chi connectivity index (χ3v) is 5.76. The van der Waals surface area contributed by atoms with E-state index in [-0.39, 0.29) is 11.3 Å². The number of nitrogens with one attached hydrogen (secondary N) is 3. The van der Waals surface area contributed by atoms with Crippen molar-refractivity contribution in [1.82, 2.24) is 20.3 Å². The molecule has 0 bridgehead atoms. The second-order valence-corrected chi connectivity index (χ2v) is 8.47. The van der Waals surface area contributed by atoms with Crippen LogP contribution < -0.4 is 16.0 Å². The van der Waals surface area contributed by atoms with Gasteiger partial charge in [0.2, 0.25) is 11.9 Å². The molecule has 1 aliphatic heterocycles. The molecular weight excluding hydrogens is 388 g/mol. The number of benzene rings is 1. The molecule has 0 aliphatic carbocycles. The molecular formula is C24H28N6O. The van der Waals surface area contributed by atoms with Crippen LogP contribution in [0.1, 0.15) is 43.9 Å². The fraction of sp³-hybridized carbons (Fsp3) is 0.333. The average molecular weight is 417 g/mol. The Labute approximate surface area is 182 Å². The Kier molecular flexibility index (Phi) is 5.59. The summed E-state index contributed by atoms with van der Waals surface area (Å²) in [5, 5.41) is 9.62. The molecule has 0 atom stereocenters. The molecule has 0 unspecified atom stereocenters. The first-order valence-corrected chi connectivity index (χ1v) is 10.6. The van der Waals surface area contributed by atoms with E-state index in [1.165, 1.54) is 5.56 Å². The van der Waals surface area contributed by atoms with Gasteiger partial charge in [-0.1, -0.05) is 32.9 Å². The molecule has 3 aromatic rings. The lowest BCUT2D eigenvalue weighted by molar-refractivity contribution is -0.120. The van der Waals surface area contributed by atoms with Gasteiger partial charge in [0.1, 0.15) is 5.82 Å². The lowest BCUT2D eigenvalue weighted by Gasteiger charge is -2.17. The molecule has 0 spiro atoms. The van der Waals surface area contributed by atoms with E-state index in [9.17, 15) is 4.79 Å². The first-order chi connectivity index (χ1) is 14.9. The van der Waals surface area contributed by atoms with Gasteiger partial charge in [-0.25, -0.2) is 15.0 Å². The lowest BCUT2D eigenvalue weighted by atomic mass is 9.87. The topological polar surface area (TPSA) is 91.8 Å². The number of aromatic nitrogens is 3. The largest absolute Gasteiger partial charge is 0.369 e. The summed E-state index contributed by atoms with van der Waals surface area (Å²) in [6, 6.07) is 10.0. The Hall–Kier alpha value is -3.48. The van der Waals surface area contributed by atoms with Crippen LogP contribution in [0, 0.1) is 6.92 Å². The van der Waals surface area contributed by atoms with Crippen molar-refractivity contribution in [3.63, 3.8) is 0 Å². The third-order valence-electron chi connectivity index (χ3n) is 5.76. The zero-order chi connectivity index (χ0) is 22.0. The van der Waals surface area contributed by atoms with E-state index in [1.807, 2.05) is 44.3 Å². The van der Waals surface area contributed by atoms with Gasteiger partial charge < -0.3 is 16.0 Å². The smallest absolute Gasteiger partial charge is 0.227 e. The van der Waals surface area contributed by atoms with Crippen molar-refractivity contribution < 1.29 is 4.79 Å². The van der Waals surface area contributed by atoms with Crippen molar-refractivity contribution >= 4 is 23.4 Å². The van der Waals surface area contributed by atoms with Crippen LogP contribution in [0.25, 0.3) is 11.3 Å². The number of amides is 1. The van der Waals surface area contributed by atoms with E-state index in [2.05, 4.69) is 45.8 Å². The molecule has 0 saturated heterocycles. The molecule has 3 heterocycles. The normalized spacial score (nSPS) is 13.9. The average Bonchev–Trinajstić information content (AvgIpc) is 3.08. The van der Waals surface area contributed by atoms with Crippen molar-refractivity contribution in [2.45, 2.75) is 46.1 Å². The molecule has 7 nitrogen and oxygen atoms in total. The summed E-state index contributed by atoms with van der Waals surface area (Å²) in [7, 11) is 0. The van der Waals surface area contributed by atoms with Gasteiger partial charge in [0, 0.05) is 54.1 Å². The molecule has 2 aromatic heterocycles. The summed E-state index contributed by atoms with van der Waals surface area (Å²) in [6.45, 7) is 9.67. The molecule has 0 radical (unpaired) electrons. The summed E-state index contributed by atoms with van der Waals surface area (Å²) in [6.07, 6.45) is 4.08. The quantitative estimate of drug-likeness (QED) is 0.554. The monoisotopic (exact) mass is 416 g/mol. The minimum absolute atomic E-state index is 0.0372. The van der Waals surface area contributed by atoms with Crippen LogP contribution in [-0.2, 0) is 16.8 Å². The molecule has 1 amide bonds. The standard InChI is InChI=1S/C24H28N6O/c1-5-21(31)26-12-16-7-6-8-19(15(16)2)29-23-25-10-9-20(30-23)17-11-18-22(27-13-17)28-14-24(18,3)4/h6-11,13H,5,12,14H2,1-4H3,(H,26,31)(H,27,28)(H,25,29,30). The Balaban J connectivity index is 1.57. The molecule has 1 aromatic carbocycles. The van der Waals surface area contributed by atoms with E-state index in [4.69, 9.17) is 4.98 Å². The first kappa shape index (κ1) is 20.8. The fourth-order valence-corrected chi connectivity index (χ4v) is 3.69. The Bertz CT molecular complexity index is 1120. The number of nitrogens with zero attached hydrogens (tertiary/aromatic N) is 3. The number of carbonyl (C=O) groups excluding carboxylic acids is 1. The van der Waals surface area contributed by atoms with Crippen molar-refractivity contribution in [2.75, 3.05) is 17.2 Å². The molecule has 3 N–H and O–H groups in total. The van der Waals surface area contributed by atoms with Crippen LogP contribution in [-0.4, -0.2) is 27.4 Å². The lowest BCUT2D eigenvalue weighted by Crippen LogP contribution is -2.22. The van der Waals surface area contributed by atoms with E-state index in [0.29, 0.717) is 18.9 Å². The van der Waals surface area contributed by atoms with Crippen LogP contribution in [0.15, 0.2) is 42.7 Å². The predicted molar refractivity (Wildman–Crippen MR) is 123 cm³/mol. The number of hydrogen-bond acceptors (Lipinski definition) is 6. The minimum atomic E-state index is 0.0372. The summed E-state index contributed by atoms with van der Waals surface area (Å²) in [5.74, 6) is 1.51. The summed E-state index contributed by atoms with van der Waals surface area (Å²) < 4.78 is 0. The maximum Gasteiger partial charge on any atom is 0.227 e. The molecule has 4 rings (SSSR count). The van der Waals surface area contributed by atoms with Gasteiger partial charge in [0.25, 0.3) is 0 Å². The Morgan fingerprint density at radius 3 is 2.87 bits per heavy atom. The molecule has 7 heteroatoms. The van der Waals surface area contributed by atoms with E-state index >= 15 is 0 Å². The van der Waals surface area contributed by atoms with E-state index in [1.54, 1.807) is 6.20 Å². The SMILES string of the molecule is CCC(=O)NCc1cccc(Nc2nccc(-c3cnc4c(c3)C(C)(C)CN4)n2)c1C. The van der Waals surface area contributed by atoms with Gasteiger partial charge in [-0.05, 0) is 36.2 Å². The number of fused-ring (bicyclic) bond motifs is 1. The van der Waals surface area contributed by atoms with Crippen molar-refractivity contribution in [1.29, 1.82) is 0 Å². The second kappa shape index (κ2) is 8.34. The Morgan fingerprint density at radius 1 is 1.23 bits per heavy atom. The van der Waals surface area contributed by atoms with E-state index in [0.717, 1.165) is 40.4 Å². The molecule has 31 heavy (non-hydrogen) atoms. The van der Waals surface area contributed by atoms with Crippen molar-refractivity contribution in [3.8, 4) is 11.3 Å². The maximum absolute atomic E-state index is 11.6. The number of pyridine rings is 1. The third kappa shape index (κ3) is 4.35. The van der Waals surface area contributed by atoms with Crippen LogP contribution in [0.2, 0.25) is 0 Å². The van der Waals surface area contributed by atoms with Crippen LogP contribution >= 0.6 is 0 Å². The second-order valence-electron chi connectivity index (χ2n) is 8.47. The summed E-state index contributed by atoms with van der Waals surface area (Å²) >= 11 is 0. The van der Waals surface area contributed by atoms with Crippen molar-refractivity contribution in [3.05, 3.63) is 59.4 Å². The van der Waals surface area contributed by atoms with E-state index < -0.39 is 0 Å². The maximum atomic E-state index is 11.6. The minimum Gasteiger partial charge on any atom is -0.369 e. The zero-order valence-electron chi connectivity index (χ0n) is 18.4. The highest BCUT2D eigenvalue weighted by molar-refractivity contribution is 5.75. The van der Waals surface area contributed by atoms with Crippen LogP contribution in [0.5, 0.6) is 0 Å². The highest BCUT2D eigenvalue weighted by atomic mass is 16.1.